The Morgan fingerprint density at radius 3 is 2.30 bits per heavy atom. The van der Waals surface area contributed by atoms with Crippen molar-refractivity contribution in [2.75, 3.05) is 16.6 Å². The van der Waals surface area contributed by atoms with Crippen LogP contribution >= 0.6 is 0 Å². The third-order valence-electron chi connectivity index (χ3n) is 6.04. The van der Waals surface area contributed by atoms with Crippen molar-refractivity contribution in [3.63, 3.8) is 0 Å². The molecule has 0 spiro atoms. The molecule has 4 rings (SSSR count). The normalized spacial score (nSPS) is 14.0. The number of aryl methyl sites for hydroxylation is 5. The van der Waals surface area contributed by atoms with Crippen LogP contribution < -0.4 is 4.31 Å². The zero-order chi connectivity index (χ0) is 21.8. The second kappa shape index (κ2) is 7.38. The number of unbranched alkanes of at least 4 members (excludes halogenated alkanes) is 1. The molecule has 0 atom stereocenters. The Hall–Kier alpha value is -2.41. The first-order chi connectivity index (χ1) is 14.2. The molecule has 1 aliphatic rings. The molecule has 0 bridgehead atoms. The summed E-state index contributed by atoms with van der Waals surface area (Å²) >= 11 is 0. The van der Waals surface area contributed by atoms with Gasteiger partial charge < -0.3 is 0 Å². The first kappa shape index (κ1) is 20.8. The Bertz CT molecular complexity index is 1240. The fourth-order valence-corrected chi connectivity index (χ4v) is 6.42. The van der Waals surface area contributed by atoms with Crippen molar-refractivity contribution in [2.45, 2.75) is 60.8 Å². The van der Waals surface area contributed by atoms with Gasteiger partial charge >= 0.3 is 0 Å². The van der Waals surface area contributed by atoms with Gasteiger partial charge in [-0.05, 0) is 64.2 Å². The van der Waals surface area contributed by atoms with E-state index in [9.17, 15) is 8.42 Å². The third kappa shape index (κ3) is 3.20. The van der Waals surface area contributed by atoms with E-state index in [0.29, 0.717) is 25.2 Å². The summed E-state index contributed by atoms with van der Waals surface area (Å²) in [5, 5.41) is 4.80. The highest BCUT2D eigenvalue weighted by Gasteiger charge is 2.34. The highest BCUT2D eigenvalue weighted by atomic mass is 32.2. The number of sulfonamides is 1. The Kier molecular flexibility index (Phi) is 5.12. The van der Waals surface area contributed by atoms with Crippen molar-refractivity contribution >= 4 is 21.5 Å². The lowest BCUT2D eigenvalue weighted by Gasteiger charge is -2.20. The molecule has 3 heterocycles. The van der Waals surface area contributed by atoms with E-state index in [1.165, 1.54) is 16.7 Å². The van der Waals surface area contributed by atoms with Gasteiger partial charge in [0.05, 0.1) is 17.0 Å². The van der Waals surface area contributed by atoms with Crippen molar-refractivity contribution in [3.8, 4) is 11.1 Å². The highest BCUT2D eigenvalue weighted by molar-refractivity contribution is 7.92. The molecular weight excluding hydrogens is 396 g/mol. The number of hydrogen-bond acceptors (Lipinski definition) is 4. The van der Waals surface area contributed by atoms with E-state index in [-0.39, 0.29) is 5.75 Å². The van der Waals surface area contributed by atoms with E-state index in [1.54, 1.807) is 8.82 Å². The SMILES string of the molecule is CCCCS(=O)(=O)N1CCc2c(C)nc3c(-c4c(C)cc(C)cc4C)c(C)nn3c21. The Labute approximate surface area is 179 Å². The van der Waals surface area contributed by atoms with Crippen LogP contribution in [0.3, 0.4) is 0 Å². The van der Waals surface area contributed by atoms with E-state index >= 15 is 0 Å². The van der Waals surface area contributed by atoms with Crippen molar-refractivity contribution in [2.24, 2.45) is 0 Å². The smallest absolute Gasteiger partial charge is 0.236 e. The van der Waals surface area contributed by atoms with E-state index in [2.05, 4.69) is 32.9 Å². The average molecular weight is 427 g/mol. The van der Waals surface area contributed by atoms with Gasteiger partial charge in [0.15, 0.2) is 11.5 Å². The van der Waals surface area contributed by atoms with Crippen LogP contribution in [0.4, 0.5) is 5.82 Å². The predicted octanol–water partition coefficient (Wildman–Crippen LogP) is 4.43. The molecule has 0 amide bonds. The summed E-state index contributed by atoms with van der Waals surface area (Å²) in [6.07, 6.45) is 2.18. The second-order valence-corrected chi connectivity index (χ2v) is 10.5. The van der Waals surface area contributed by atoms with Crippen LogP contribution in [0.5, 0.6) is 0 Å². The Morgan fingerprint density at radius 2 is 1.67 bits per heavy atom. The first-order valence-corrected chi connectivity index (χ1v) is 12.2. The number of benzene rings is 1. The van der Waals surface area contributed by atoms with E-state index in [4.69, 9.17) is 10.1 Å². The summed E-state index contributed by atoms with van der Waals surface area (Å²) in [6, 6.07) is 4.35. The summed E-state index contributed by atoms with van der Waals surface area (Å²) in [5.41, 5.74) is 9.17. The van der Waals surface area contributed by atoms with Crippen LogP contribution in [-0.2, 0) is 16.4 Å². The summed E-state index contributed by atoms with van der Waals surface area (Å²) in [7, 11) is -3.39. The number of rotatable bonds is 5. The molecule has 3 aromatic rings. The maximum absolute atomic E-state index is 13.1. The van der Waals surface area contributed by atoms with Gasteiger partial charge in [0.1, 0.15) is 0 Å². The molecule has 0 saturated carbocycles. The number of nitrogens with zero attached hydrogens (tertiary/aromatic N) is 4. The molecule has 1 aliphatic heterocycles. The van der Waals surface area contributed by atoms with Crippen LogP contribution in [0.25, 0.3) is 16.8 Å². The molecule has 0 N–H and O–H groups in total. The van der Waals surface area contributed by atoms with Gasteiger partial charge in [-0.15, -0.1) is 0 Å². The van der Waals surface area contributed by atoms with Gasteiger partial charge in [0, 0.05) is 17.8 Å². The van der Waals surface area contributed by atoms with E-state index in [0.717, 1.165) is 40.1 Å². The van der Waals surface area contributed by atoms with Crippen LogP contribution in [-0.4, -0.2) is 35.3 Å². The number of anilines is 1. The summed E-state index contributed by atoms with van der Waals surface area (Å²) < 4.78 is 29.5. The molecule has 1 aromatic carbocycles. The lowest BCUT2D eigenvalue weighted by Crippen LogP contribution is -2.32. The fraction of sp³-hybridized carbons (Fsp3) is 0.478. The fourth-order valence-electron chi connectivity index (χ4n) is 4.72. The van der Waals surface area contributed by atoms with Crippen LogP contribution in [0, 0.1) is 34.6 Å². The van der Waals surface area contributed by atoms with Crippen LogP contribution in [0.2, 0.25) is 0 Å². The quantitative estimate of drug-likeness (QED) is 0.605. The van der Waals surface area contributed by atoms with Crippen molar-refractivity contribution in [3.05, 3.63) is 45.8 Å². The molecule has 0 aliphatic carbocycles. The highest BCUT2D eigenvalue weighted by Crippen LogP contribution is 2.39. The van der Waals surface area contributed by atoms with Gasteiger partial charge in [-0.2, -0.15) is 9.61 Å². The number of fused-ring (bicyclic) bond motifs is 3. The molecular formula is C23H30N4O2S. The zero-order valence-electron chi connectivity index (χ0n) is 18.7. The molecule has 2 aromatic heterocycles. The van der Waals surface area contributed by atoms with E-state index in [1.807, 2.05) is 20.8 Å². The second-order valence-electron chi connectivity index (χ2n) is 8.46. The number of aromatic nitrogens is 3. The molecule has 0 unspecified atom stereocenters. The minimum Gasteiger partial charge on any atom is -0.253 e. The third-order valence-corrected chi connectivity index (χ3v) is 7.87. The van der Waals surface area contributed by atoms with E-state index < -0.39 is 10.0 Å². The first-order valence-electron chi connectivity index (χ1n) is 10.6. The maximum atomic E-state index is 13.1. The van der Waals surface area contributed by atoms with Crippen molar-refractivity contribution < 1.29 is 8.42 Å². The largest absolute Gasteiger partial charge is 0.253 e. The predicted molar refractivity (Wildman–Crippen MR) is 122 cm³/mol. The molecule has 0 fully saturated rings. The van der Waals surface area contributed by atoms with Gasteiger partial charge in [-0.25, -0.2) is 13.4 Å². The van der Waals surface area contributed by atoms with Crippen LogP contribution in [0.15, 0.2) is 12.1 Å². The summed E-state index contributed by atoms with van der Waals surface area (Å²) in [6.45, 7) is 12.7. The van der Waals surface area contributed by atoms with Crippen molar-refractivity contribution in [1.29, 1.82) is 0 Å². The molecule has 160 valence electrons. The monoisotopic (exact) mass is 426 g/mol. The van der Waals surface area contributed by atoms with Crippen LogP contribution in [0.1, 0.15) is 53.4 Å². The molecule has 7 heteroatoms. The molecule has 30 heavy (non-hydrogen) atoms. The Balaban J connectivity index is 1.99. The minimum atomic E-state index is -3.39. The van der Waals surface area contributed by atoms with Gasteiger partial charge in [0.25, 0.3) is 0 Å². The molecule has 6 nitrogen and oxygen atoms in total. The lowest BCUT2D eigenvalue weighted by molar-refractivity contribution is 0.588. The van der Waals surface area contributed by atoms with Gasteiger partial charge in [0.2, 0.25) is 10.0 Å². The summed E-state index contributed by atoms with van der Waals surface area (Å²) in [5.74, 6) is 0.833. The van der Waals surface area contributed by atoms with Gasteiger partial charge in [-0.3, -0.25) is 4.31 Å². The van der Waals surface area contributed by atoms with Gasteiger partial charge in [-0.1, -0.05) is 31.0 Å². The maximum Gasteiger partial charge on any atom is 0.236 e. The average Bonchev–Trinajstić information content (AvgIpc) is 3.23. The molecule has 0 radical (unpaired) electrons. The lowest BCUT2D eigenvalue weighted by atomic mass is 9.94. The zero-order valence-corrected chi connectivity index (χ0v) is 19.5. The molecule has 0 saturated heterocycles. The standard InChI is InChI=1S/C23H30N4O2S/c1-7-8-11-30(28,29)26-10-9-19-17(5)24-22-21(18(6)25-27(22)23(19)26)20-15(3)12-14(2)13-16(20)4/h12-13H,7-11H2,1-6H3. The minimum absolute atomic E-state index is 0.162. The van der Waals surface area contributed by atoms with Crippen molar-refractivity contribution in [1.82, 2.24) is 14.6 Å². The Morgan fingerprint density at radius 1 is 1.00 bits per heavy atom. The summed E-state index contributed by atoms with van der Waals surface area (Å²) in [4.78, 5) is 4.91. The number of hydrogen-bond donors (Lipinski definition) is 0. The topological polar surface area (TPSA) is 67.6 Å².